The summed E-state index contributed by atoms with van der Waals surface area (Å²) in [6, 6.07) is 3.77. The first-order chi connectivity index (χ1) is 9.66. The van der Waals surface area contributed by atoms with E-state index in [9.17, 15) is 4.79 Å². The molecule has 112 valence electrons. The number of carbonyl (C=O) groups is 1. The predicted molar refractivity (Wildman–Crippen MR) is 84.7 cm³/mol. The van der Waals surface area contributed by atoms with E-state index in [0.29, 0.717) is 0 Å². The van der Waals surface area contributed by atoms with Crippen molar-refractivity contribution in [1.82, 2.24) is 15.5 Å². The lowest BCUT2D eigenvalue weighted by Gasteiger charge is -2.27. The number of hydrogen-bond acceptors (Lipinski definition) is 4. The highest BCUT2D eigenvalue weighted by Crippen LogP contribution is 2.27. The Morgan fingerprint density at radius 1 is 1.50 bits per heavy atom. The molecule has 1 saturated heterocycles. The van der Waals surface area contributed by atoms with Crippen molar-refractivity contribution in [3.8, 4) is 0 Å². The lowest BCUT2D eigenvalue weighted by atomic mass is 10.1. The number of amides is 1. The van der Waals surface area contributed by atoms with Crippen LogP contribution in [-0.2, 0) is 4.79 Å². The van der Waals surface area contributed by atoms with Crippen molar-refractivity contribution in [3.05, 3.63) is 21.3 Å². The molecule has 0 saturated carbocycles. The third-order valence-electron chi connectivity index (χ3n) is 3.57. The van der Waals surface area contributed by atoms with Gasteiger partial charge in [-0.05, 0) is 32.0 Å². The van der Waals surface area contributed by atoms with Gasteiger partial charge in [0.15, 0.2) is 0 Å². The van der Waals surface area contributed by atoms with Gasteiger partial charge in [-0.25, -0.2) is 0 Å². The molecule has 6 heteroatoms. The lowest BCUT2D eigenvalue weighted by molar-refractivity contribution is -0.122. The second-order valence-electron chi connectivity index (χ2n) is 5.10. The quantitative estimate of drug-likeness (QED) is 0.788. The summed E-state index contributed by atoms with van der Waals surface area (Å²) in [6.07, 6.45) is 1.00. The molecule has 0 spiro atoms. The molecule has 1 fully saturated rings. The zero-order valence-corrected chi connectivity index (χ0v) is 13.4. The predicted octanol–water partition coefficient (Wildman–Crippen LogP) is 1.92. The van der Waals surface area contributed by atoms with E-state index < -0.39 is 0 Å². The fraction of sp³-hybridized carbons (Fsp3) is 0.643. The Balaban J connectivity index is 1.64. The van der Waals surface area contributed by atoms with Crippen LogP contribution in [0.5, 0.6) is 0 Å². The van der Waals surface area contributed by atoms with Gasteiger partial charge in [0.05, 0.1) is 10.3 Å². The van der Waals surface area contributed by atoms with Crippen LogP contribution < -0.4 is 10.6 Å². The SMILES string of the molecule is CC(C(=O)NCCCN1CCNCC1)c1ccc(Cl)s1. The Morgan fingerprint density at radius 2 is 2.25 bits per heavy atom. The van der Waals surface area contributed by atoms with Gasteiger partial charge in [0.1, 0.15) is 0 Å². The zero-order chi connectivity index (χ0) is 14.4. The van der Waals surface area contributed by atoms with Crippen LogP contribution in [0.2, 0.25) is 4.34 Å². The lowest BCUT2D eigenvalue weighted by Crippen LogP contribution is -2.44. The van der Waals surface area contributed by atoms with Crippen LogP contribution in [0.4, 0.5) is 0 Å². The Hall–Kier alpha value is -0.620. The van der Waals surface area contributed by atoms with Crippen molar-refractivity contribution in [2.75, 3.05) is 39.3 Å². The van der Waals surface area contributed by atoms with Gasteiger partial charge in [-0.3, -0.25) is 4.79 Å². The summed E-state index contributed by atoms with van der Waals surface area (Å²) in [5, 5.41) is 6.35. The summed E-state index contributed by atoms with van der Waals surface area (Å²) in [7, 11) is 0. The summed E-state index contributed by atoms with van der Waals surface area (Å²) < 4.78 is 0.735. The van der Waals surface area contributed by atoms with Crippen molar-refractivity contribution in [2.24, 2.45) is 0 Å². The minimum absolute atomic E-state index is 0.0869. The molecule has 1 aliphatic heterocycles. The summed E-state index contributed by atoms with van der Waals surface area (Å²) >= 11 is 7.37. The molecule has 4 nitrogen and oxygen atoms in total. The van der Waals surface area contributed by atoms with E-state index in [1.807, 2.05) is 19.1 Å². The van der Waals surface area contributed by atoms with Crippen LogP contribution in [-0.4, -0.2) is 50.1 Å². The van der Waals surface area contributed by atoms with Crippen molar-refractivity contribution >= 4 is 28.8 Å². The third-order valence-corrected chi connectivity index (χ3v) is 4.99. The van der Waals surface area contributed by atoms with Gasteiger partial charge in [0, 0.05) is 37.6 Å². The number of nitrogens with one attached hydrogen (secondary N) is 2. The number of rotatable bonds is 6. The first-order valence-corrected chi connectivity index (χ1v) is 8.32. The monoisotopic (exact) mass is 315 g/mol. The summed E-state index contributed by atoms with van der Waals surface area (Å²) in [5.74, 6) is -0.0319. The average Bonchev–Trinajstić information content (AvgIpc) is 2.90. The number of nitrogens with zero attached hydrogens (tertiary/aromatic N) is 1. The second-order valence-corrected chi connectivity index (χ2v) is 6.85. The number of thiophene rings is 1. The Bertz CT molecular complexity index is 432. The third kappa shape index (κ3) is 4.74. The van der Waals surface area contributed by atoms with Crippen LogP contribution in [0, 0.1) is 0 Å². The number of halogens is 1. The highest BCUT2D eigenvalue weighted by atomic mass is 35.5. The molecule has 1 aliphatic rings. The molecule has 20 heavy (non-hydrogen) atoms. The van der Waals surface area contributed by atoms with Gasteiger partial charge in [0.2, 0.25) is 5.91 Å². The molecular weight excluding hydrogens is 294 g/mol. The maximum Gasteiger partial charge on any atom is 0.228 e. The van der Waals surface area contributed by atoms with E-state index in [0.717, 1.165) is 54.9 Å². The molecular formula is C14H22ClN3OS. The van der Waals surface area contributed by atoms with E-state index >= 15 is 0 Å². The standard InChI is InChI=1S/C14H22ClN3OS/c1-11(12-3-4-13(15)20-12)14(19)17-5-2-8-18-9-6-16-7-10-18/h3-4,11,16H,2,5-10H2,1H3,(H,17,19). The zero-order valence-electron chi connectivity index (χ0n) is 11.8. The molecule has 0 aromatic carbocycles. The van der Waals surface area contributed by atoms with Gasteiger partial charge in [0.25, 0.3) is 0 Å². The van der Waals surface area contributed by atoms with Crippen LogP contribution in [0.1, 0.15) is 24.1 Å². The highest BCUT2D eigenvalue weighted by Gasteiger charge is 2.16. The average molecular weight is 316 g/mol. The van der Waals surface area contributed by atoms with E-state index in [4.69, 9.17) is 11.6 Å². The van der Waals surface area contributed by atoms with Gasteiger partial charge in [-0.1, -0.05) is 11.6 Å². The van der Waals surface area contributed by atoms with Gasteiger partial charge in [-0.15, -0.1) is 11.3 Å². The maximum absolute atomic E-state index is 12.0. The summed E-state index contributed by atoms with van der Waals surface area (Å²) in [6.45, 7) is 8.09. The molecule has 1 atom stereocenters. The van der Waals surface area contributed by atoms with Gasteiger partial charge < -0.3 is 15.5 Å². The fourth-order valence-corrected chi connectivity index (χ4v) is 3.40. The molecule has 0 bridgehead atoms. The van der Waals surface area contributed by atoms with Gasteiger partial charge in [-0.2, -0.15) is 0 Å². The molecule has 1 unspecified atom stereocenters. The van der Waals surface area contributed by atoms with Crippen molar-refractivity contribution in [2.45, 2.75) is 19.3 Å². The van der Waals surface area contributed by atoms with Crippen LogP contribution in [0.15, 0.2) is 12.1 Å². The van der Waals surface area contributed by atoms with E-state index in [2.05, 4.69) is 15.5 Å². The largest absolute Gasteiger partial charge is 0.356 e. The number of piperazine rings is 1. The van der Waals surface area contributed by atoms with Crippen LogP contribution in [0.25, 0.3) is 0 Å². The maximum atomic E-state index is 12.0. The number of carbonyl (C=O) groups excluding carboxylic acids is 1. The topological polar surface area (TPSA) is 44.4 Å². The Kier molecular flexibility index (Phi) is 6.29. The van der Waals surface area contributed by atoms with E-state index in [1.165, 1.54) is 11.3 Å². The molecule has 0 aliphatic carbocycles. The van der Waals surface area contributed by atoms with Crippen molar-refractivity contribution in [1.29, 1.82) is 0 Å². The fourth-order valence-electron chi connectivity index (χ4n) is 2.29. The molecule has 1 aromatic heterocycles. The second kappa shape index (κ2) is 7.98. The molecule has 2 N–H and O–H groups in total. The molecule has 0 radical (unpaired) electrons. The Morgan fingerprint density at radius 3 is 2.90 bits per heavy atom. The van der Waals surface area contributed by atoms with Crippen LogP contribution in [0.3, 0.4) is 0 Å². The van der Waals surface area contributed by atoms with Crippen molar-refractivity contribution in [3.63, 3.8) is 0 Å². The van der Waals surface area contributed by atoms with Gasteiger partial charge >= 0.3 is 0 Å². The minimum Gasteiger partial charge on any atom is -0.356 e. The molecule has 1 amide bonds. The minimum atomic E-state index is -0.119. The van der Waals surface area contributed by atoms with E-state index in [-0.39, 0.29) is 11.8 Å². The van der Waals surface area contributed by atoms with Crippen molar-refractivity contribution < 1.29 is 4.79 Å². The smallest absolute Gasteiger partial charge is 0.228 e. The first kappa shape index (κ1) is 15.8. The summed E-state index contributed by atoms with van der Waals surface area (Å²) in [4.78, 5) is 15.5. The number of hydrogen-bond donors (Lipinski definition) is 2. The van der Waals surface area contributed by atoms with Crippen LogP contribution >= 0.6 is 22.9 Å². The first-order valence-electron chi connectivity index (χ1n) is 7.13. The molecule has 2 heterocycles. The Labute approximate surface area is 129 Å². The summed E-state index contributed by atoms with van der Waals surface area (Å²) in [5.41, 5.74) is 0. The molecule has 2 rings (SSSR count). The normalized spacial score (nSPS) is 17.9. The van der Waals surface area contributed by atoms with E-state index in [1.54, 1.807) is 0 Å². The highest BCUT2D eigenvalue weighted by molar-refractivity contribution is 7.16. The molecule has 1 aromatic rings.